The molecular formula is C9H15N3OS. The highest BCUT2D eigenvalue weighted by Gasteiger charge is 2.02. The van der Waals surface area contributed by atoms with Gasteiger partial charge in [0.1, 0.15) is 0 Å². The Balaban J connectivity index is 2.27. The van der Waals surface area contributed by atoms with Crippen LogP contribution in [0.2, 0.25) is 0 Å². The molecule has 1 aromatic heterocycles. The number of amides is 2. The summed E-state index contributed by atoms with van der Waals surface area (Å²) < 4.78 is 0. The Hall–Kier alpha value is -1.10. The van der Waals surface area contributed by atoms with Crippen molar-refractivity contribution >= 4 is 22.5 Å². The van der Waals surface area contributed by atoms with E-state index < -0.39 is 0 Å². The topological polar surface area (TPSA) is 54.0 Å². The maximum Gasteiger partial charge on any atom is 0.321 e. The van der Waals surface area contributed by atoms with E-state index in [0.717, 1.165) is 17.7 Å². The highest BCUT2D eigenvalue weighted by Crippen LogP contribution is 2.15. The highest BCUT2D eigenvalue weighted by atomic mass is 32.1. The van der Waals surface area contributed by atoms with Gasteiger partial charge in [0.25, 0.3) is 0 Å². The van der Waals surface area contributed by atoms with E-state index >= 15 is 0 Å². The number of hydrogen-bond acceptors (Lipinski definition) is 3. The van der Waals surface area contributed by atoms with Crippen molar-refractivity contribution in [1.82, 2.24) is 10.3 Å². The first-order valence-electron chi connectivity index (χ1n) is 4.69. The molecule has 0 aliphatic rings. The third-order valence-corrected chi connectivity index (χ3v) is 2.49. The summed E-state index contributed by atoms with van der Waals surface area (Å²) in [5.74, 6) is 0. The number of aryl methyl sites for hydroxylation is 1. The normalized spacial score (nSPS) is 9.86. The maximum absolute atomic E-state index is 11.2. The number of nitrogens with zero attached hydrogens (tertiary/aromatic N) is 1. The molecule has 1 rings (SSSR count). The van der Waals surface area contributed by atoms with Gasteiger partial charge in [0.2, 0.25) is 0 Å². The lowest BCUT2D eigenvalue weighted by atomic mass is 10.3. The monoisotopic (exact) mass is 213 g/mol. The van der Waals surface area contributed by atoms with E-state index in [1.807, 2.05) is 6.92 Å². The lowest BCUT2D eigenvalue weighted by molar-refractivity contribution is 0.252. The molecule has 0 aliphatic heterocycles. The zero-order valence-electron chi connectivity index (χ0n) is 8.46. The molecule has 5 heteroatoms. The third kappa shape index (κ3) is 3.74. The summed E-state index contributed by atoms with van der Waals surface area (Å²) in [6, 6.07) is -0.173. The number of anilines is 1. The molecule has 78 valence electrons. The summed E-state index contributed by atoms with van der Waals surface area (Å²) in [6.45, 7) is 4.76. The van der Waals surface area contributed by atoms with Crippen molar-refractivity contribution in [3.05, 3.63) is 11.1 Å². The van der Waals surface area contributed by atoms with Crippen LogP contribution in [0.3, 0.4) is 0 Å². The summed E-state index contributed by atoms with van der Waals surface area (Å²) >= 11 is 1.47. The van der Waals surface area contributed by atoms with Crippen molar-refractivity contribution in [3.8, 4) is 0 Å². The van der Waals surface area contributed by atoms with Crippen molar-refractivity contribution in [1.29, 1.82) is 0 Å². The minimum Gasteiger partial charge on any atom is -0.338 e. The minimum absolute atomic E-state index is 0.173. The van der Waals surface area contributed by atoms with Gasteiger partial charge in [-0.2, -0.15) is 0 Å². The van der Waals surface area contributed by atoms with Crippen LogP contribution in [0.25, 0.3) is 0 Å². The summed E-state index contributed by atoms with van der Waals surface area (Å²) in [4.78, 5) is 16.4. The Morgan fingerprint density at radius 2 is 2.43 bits per heavy atom. The van der Waals surface area contributed by atoms with Gasteiger partial charge in [-0.1, -0.05) is 13.3 Å². The van der Waals surface area contributed by atoms with Crippen LogP contribution in [0.15, 0.2) is 6.20 Å². The summed E-state index contributed by atoms with van der Waals surface area (Å²) in [7, 11) is 0. The van der Waals surface area contributed by atoms with Crippen LogP contribution in [0, 0.1) is 6.92 Å². The molecule has 4 nitrogen and oxygen atoms in total. The van der Waals surface area contributed by atoms with Crippen molar-refractivity contribution in [2.75, 3.05) is 11.9 Å². The quantitative estimate of drug-likeness (QED) is 0.754. The van der Waals surface area contributed by atoms with Crippen molar-refractivity contribution in [2.24, 2.45) is 0 Å². The number of unbranched alkanes of at least 4 members (excludes halogenated alkanes) is 1. The molecule has 2 amide bonds. The first kappa shape index (κ1) is 11.0. The molecule has 0 aromatic carbocycles. The van der Waals surface area contributed by atoms with Crippen LogP contribution >= 0.6 is 11.3 Å². The predicted molar refractivity (Wildman–Crippen MR) is 58.8 cm³/mol. The first-order chi connectivity index (χ1) is 6.72. The molecule has 0 unspecified atom stereocenters. The van der Waals surface area contributed by atoms with Crippen LogP contribution < -0.4 is 10.6 Å². The fourth-order valence-electron chi connectivity index (χ4n) is 0.933. The molecule has 14 heavy (non-hydrogen) atoms. The molecule has 0 radical (unpaired) electrons. The fourth-order valence-corrected chi connectivity index (χ4v) is 1.59. The zero-order chi connectivity index (χ0) is 10.4. The Morgan fingerprint density at radius 1 is 1.64 bits per heavy atom. The average Bonchev–Trinajstić information content (AvgIpc) is 2.52. The van der Waals surface area contributed by atoms with Crippen LogP contribution in [-0.2, 0) is 0 Å². The van der Waals surface area contributed by atoms with Gasteiger partial charge in [-0.25, -0.2) is 9.78 Å². The summed E-state index contributed by atoms with van der Waals surface area (Å²) in [6.07, 6.45) is 3.83. The maximum atomic E-state index is 11.2. The van der Waals surface area contributed by atoms with E-state index in [-0.39, 0.29) is 6.03 Å². The number of carbonyl (C=O) groups is 1. The average molecular weight is 213 g/mol. The van der Waals surface area contributed by atoms with Gasteiger partial charge in [-0.05, 0) is 13.3 Å². The van der Waals surface area contributed by atoms with Gasteiger partial charge >= 0.3 is 6.03 Å². The minimum atomic E-state index is -0.173. The van der Waals surface area contributed by atoms with Crippen molar-refractivity contribution in [3.63, 3.8) is 0 Å². The molecule has 0 spiro atoms. The van der Waals surface area contributed by atoms with E-state index in [1.54, 1.807) is 6.20 Å². The molecule has 0 saturated heterocycles. The predicted octanol–water partition coefficient (Wildman–Crippen LogP) is 2.37. The molecule has 2 N–H and O–H groups in total. The van der Waals surface area contributed by atoms with Crippen molar-refractivity contribution in [2.45, 2.75) is 26.7 Å². The van der Waals surface area contributed by atoms with Crippen LogP contribution in [0.1, 0.15) is 24.6 Å². The Labute approximate surface area is 87.7 Å². The van der Waals surface area contributed by atoms with Gasteiger partial charge in [0.15, 0.2) is 5.13 Å². The third-order valence-electron chi connectivity index (χ3n) is 1.66. The molecule has 1 heterocycles. The smallest absolute Gasteiger partial charge is 0.321 e. The van der Waals surface area contributed by atoms with Crippen LogP contribution in [0.5, 0.6) is 0 Å². The lowest BCUT2D eigenvalue weighted by Crippen LogP contribution is -2.29. The Bertz CT molecular complexity index is 298. The number of urea groups is 1. The highest BCUT2D eigenvalue weighted by molar-refractivity contribution is 7.15. The zero-order valence-corrected chi connectivity index (χ0v) is 9.28. The van der Waals surface area contributed by atoms with E-state index in [1.165, 1.54) is 11.3 Å². The number of thiazole rings is 1. The number of rotatable bonds is 4. The van der Waals surface area contributed by atoms with Crippen LogP contribution in [0.4, 0.5) is 9.93 Å². The second-order valence-electron chi connectivity index (χ2n) is 3.01. The van der Waals surface area contributed by atoms with Gasteiger partial charge in [0.05, 0.1) is 0 Å². The van der Waals surface area contributed by atoms with Gasteiger partial charge < -0.3 is 5.32 Å². The molecule has 0 aliphatic carbocycles. The SMILES string of the molecule is CCCCNC(=O)Nc1ncc(C)s1. The van der Waals surface area contributed by atoms with Gasteiger partial charge in [-0.3, -0.25) is 5.32 Å². The lowest BCUT2D eigenvalue weighted by Gasteiger charge is -2.03. The Kier molecular flexibility index (Phi) is 4.39. The van der Waals surface area contributed by atoms with E-state index in [4.69, 9.17) is 0 Å². The molecule has 1 aromatic rings. The van der Waals surface area contributed by atoms with Gasteiger partial charge in [-0.15, -0.1) is 11.3 Å². The standard InChI is InChI=1S/C9H15N3OS/c1-3-4-5-10-8(13)12-9-11-6-7(2)14-9/h6H,3-5H2,1-2H3,(H2,10,11,12,13). The van der Waals surface area contributed by atoms with E-state index in [2.05, 4.69) is 22.5 Å². The molecular weight excluding hydrogens is 198 g/mol. The number of aromatic nitrogens is 1. The molecule has 0 saturated carbocycles. The summed E-state index contributed by atoms with van der Waals surface area (Å²) in [5, 5.41) is 6.09. The summed E-state index contributed by atoms with van der Waals surface area (Å²) in [5.41, 5.74) is 0. The number of carbonyl (C=O) groups excluding carboxylic acids is 1. The van der Waals surface area contributed by atoms with Crippen LogP contribution in [-0.4, -0.2) is 17.6 Å². The largest absolute Gasteiger partial charge is 0.338 e. The van der Waals surface area contributed by atoms with Gasteiger partial charge in [0, 0.05) is 17.6 Å². The van der Waals surface area contributed by atoms with E-state index in [0.29, 0.717) is 11.7 Å². The molecule has 0 bridgehead atoms. The van der Waals surface area contributed by atoms with E-state index in [9.17, 15) is 4.79 Å². The number of hydrogen-bond donors (Lipinski definition) is 2. The Morgan fingerprint density at radius 3 is 3.00 bits per heavy atom. The van der Waals surface area contributed by atoms with Crippen molar-refractivity contribution < 1.29 is 4.79 Å². The fraction of sp³-hybridized carbons (Fsp3) is 0.556. The molecule has 0 fully saturated rings. The first-order valence-corrected chi connectivity index (χ1v) is 5.51. The second kappa shape index (κ2) is 5.59. The molecule has 0 atom stereocenters. The second-order valence-corrected chi connectivity index (χ2v) is 4.25. The number of nitrogens with one attached hydrogen (secondary N) is 2.